The molecule has 5 amide bonds. The molecule has 1 aromatic heterocycles. The van der Waals surface area contributed by atoms with Gasteiger partial charge in [0, 0.05) is 101 Å². The summed E-state index contributed by atoms with van der Waals surface area (Å²) in [7, 11) is 1.64. The van der Waals surface area contributed by atoms with Crippen molar-refractivity contribution >= 4 is 53.6 Å². The number of hydrogen-bond donors (Lipinski definition) is 4. The van der Waals surface area contributed by atoms with Gasteiger partial charge < -0.3 is 35.4 Å². The molecule has 0 aliphatic carbocycles. The Kier molecular flexibility index (Phi) is 13.7. The average Bonchev–Trinajstić information content (AvgIpc) is 3.28. The number of likely N-dealkylation sites (tertiary alicyclic amines) is 2. The lowest BCUT2D eigenvalue weighted by molar-refractivity contribution is -0.125. The molecule has 0 spiro atoms. The number of nitrogen functional groups attached to an aromatic ring is 1. The molecule has 17 heteroatoms. The van der Waals surface area contributed by atoms with E-state index >= 15 is 0 Å². The maximum absolute atomic E-state index is 13.5. The third kappa shape index (κ3) is 10.0. The first kappa shape index (κ1) is 43.2. The van der Waals surface area contributed by atoms with Gasteiger partial charge in [0.15, 0.2) is 6.29 Å². The van der Waals surface area contributed by atoms with Gasteiger partial charge in [0.2, 0.25) is 12.3 Å². The van der Waals surface area contributed by atoms with Gasteiger partial charge in [-0.2, -0.15) is 0 Å². The zero-order valence-electron chi connectivity index (χ0n) is 35.0. The Bertz CT molecular complexity index is 2250. The van der Waals surface area contributed by atoms with Gasteiger partial charge in [-0.3, -0.25) is 34.8 Å². The summed E-state index contributed by atoms with van der Waals surface area (Å²) in [5.74, 6) is 1.35. The molecule has 4 heterocycles. The van der Waals surface area contributed by atoms with Gasteiger partial charge in [-0.25, -0.2) is 14.8 Å². The summed E-state index contributed by atoms with van der Waals surface area (Å²) < 4.78 is 5.91. The predicted molar refractivity (Wildman–Crippen MR) is 235 cm³/mol. The molecule has 3 fully saturated rings. The fourth-order valence-corrected chi connectivity index (χ4v) is 8.10. The molecule has 7 rings (SSSR count). The molecule has 17 nitrogen and oxygen atoms in total. The van der Waals surface area contributed by atoms with Crippen LogP contribution < -0.4 is 26.0 Å². The summed E-state index contributed by atoms with van der Waals surface area (Å²) in [6, 6.07) is 22.1. The number of hydrogen-bond acceptors (Lipinski definition) is 13. The van der Waals surface area contributed by atoms with E-state index in [2.05, 4.69) is 30.4 Å². The average molecular weight is 844 g/mol. The molecular weight excluding hydrogens is 791 g/mol. The molecule has 1 unspecified atom stereocenters. The Morgan fingerprint density at radius 3 is 2.29 bits per heavy atom. The maximum Gasteiger partial charge on any atom is 0.320 e. The molecule has 324 valence electrons. The van der Waals surface area contributed by atoms with Crippen LogP contribution in [-0.2, 0) is 9.59 Å². The van der Waals surface area contributed by atoms with E-state index < -0.39 is 5.91 Å². The van der Waals surface area contributed by atoms with Gasteiger partial charge in [-0.1, -0.05) is 18.2 Å². The zero-order valence-corrected chi connectivity index (χ0v) is 35.0. The minimum absolute atomic E-state index is 0.0323. The highest BCUT2D eigenvalue weighted by molar-refractivity contribution is 6.16. The Morgan fingerprint density at radius 1 is 0.919 bits per heavy atom. The number of aldehydes is 1. The van der Waals surface area contributed by atoms with E-state index in [4.69, 9.17) is 15.9 Å². The number of urea groups is 1. The molecule has 5 N–H and O–H groups in total. The Labute approximate surface area is 360 Å². The highest BCUT2D eigenvalue weighted by Crippen LogP contribution is 2.29. The van der Waals surface area contributed by atoms with Crippen molar-refractivity contribution in [3.63, 3.8) is 0 Å². The van der Waals surface area contributed by atoms with Crippen molar-refractivity contribution in [2.45, 2.75) is 50.7 Å². The van der Waals surface area contributed by atoms with Gasteiger partial charge in [0.25, 0.3) is 5.91 Å². The smallest absolute Gasteiger partial charge is 0.320 e. The number of benzene rings is 3. The minimum atomic E-state index is -0.413. The van der Waals surface area contributed by atoms with Gasteiger partial charge in [-0.15, -0.1) is 0 Å². The number of ether oxygens (including phenoxy) is 1. The minimum Gasteiger partial charge on any atom is -0.457 e. The first-order valence-electron chi connectivity index (χ1n) is 20.9. The number of imide groups is 1. The van der Waals surface area contributed by atoms with Crippen LogP contribution in [0.3, 0.4) is 0 Å². The number of rotatable bonds is 15. The number of aromatic nitrogens is 2. The van der Waals surface area contributed by atoms with Gasteiger partial charge >= 0.3 is 6.03 Å². The molecule has 0 bridgehead atoms. The second-order valence-electron chi connectivity index (χ2n) is 15.9. The van der Waals surface area contributed by atoms with Crippen molar-refractivity contribution in [2.75, 3.05) is 75.4 Å². The first-order valence-corrected chi connectivity index (χ1v) is 20.9. The molecule has 3 aliphatic rings. The molecule has 3 aliphatic heterocycles. The number of anilines is 3. The van der Waals surface area contributed by atoms with Crippen LogP contribution in [0.5, 0.6) is 11.5 Å². The number of piperazine rings is 1. The summed E-state index contributed by atoms with van der Waals surface area (Å²) in [6.07, 6.45) is 4.29. The number of carbonyl (C=O) groups excluding carboxylic acids is 5. The van der Waals surface area contributed by atoms with E-state index in [0.29, 0.717) is 92.0 Å². The van der Waals surface area contributed by atoms with Gasteiger partial charge in [0.05, 0.1) is 16.8 Å². The summed E-state index contributed by atoms with van der Waals surface area (Å²) in [5, 5.41) is 14.6. The Morgan fingerprint density at radius 2 is 1.61 bits per heavy atom. The number of nitrogens with one attached hydrogen (secondary N) is 3. The van der Waals surface area contributed by atoms with Crippen molar-refractivity contribution in [2.24, 2.45) is 0 Å². The van der Waals surface area contributed by atoms with E-state index in [-0.39, 0.29) is 48.0 Å². The number of nitrogens with two attached hydrogens (primary N) is 1. The van der Waals surface area contributed by atoms with Crippen molar-refractivity contribution in [3.8, 4) is 11.5 Å². The first-order chi connectivity index (χ1) is 30.0. The molecule has 3 saturated heterocycles. The van der Waals surface area contributed by atoms with E-state index in [9.17, 15) is 24.0 Å². The van der Waals surface area contributed by atoms with Crippen molar-refractivity contribution in [1.29, 1.82) is 5.41 Å². The van der Waals surface area contributed by atoms with Gasteiger partial charge in [-0.05, 0) is 80.8 Å². The fraction of sp³-hybridized carbons (Fsp3) is 0.378. The van der Waals surface area contributed by atoms with E-state index in [1.54, 1.807) is 19.2 Å². The summed E-state index contributed by atoms with van der Waals surface area (Å²) in [5.41, 5.74) is 9.04. The third-order valence-electron chi connectivity index (χ3n) is 12.1. The quantitative estimate of drug-likeness (QED) is 0.0986. The lowest BCUT2D eigenvalue weighted by Crippen LogP contribution is -2.66. The third-order valence-corrected chi connectivity index (χ3v) is 12.1. The lowest BCUT2D eigenvalue weighted by Gasteiger charge is -2.49. The predicted octanol–water partition coefficient (Wildman–Crippen LogP) is 4.10. The number of carbonyl (C=O) groups is 5. The molecule has 3 aromatic carbocycles. The molecule has 4 aromatic rings. The summed E-state index contributed by atoms with van der Waals surface area (Å²) >= 11 is 0. The van der Waals surface area contributed by atoms with Crippen LogP contribution in [0.1, 0.15) is 64.4 Å². The normalized spacial score (nSPS) is 16.5. The van der Waals surface area contributed by atoms with Crippen LogP contribution in [0.25, 0.3) is 0 Å². The van der Waals surface area contributed by atoms with Crippen molar-refractivity contribution in [1.82, 2.24) is 34.9 Å². The SMILES string of the molecule is CC(CCC(=O)NC=O)N(C)C(=O)c1cc(N2CCN(C3CN(C(=O)N4CCC(Nc5ncnc(N)c5C(=N)c5ccc(Oc6ccccc6)cc5)CC4)C3)CC2)ccc1C=O. The van der Waals surface area contributed by atoms with Crippen LogP contribution in [-0.4, -0.2) is 143 Å². The Hall–Kier alpha value is -6.88. The largest absolute Gasteiger partial charge is 0.457 e. The van der Waals surface area contributed by atoms with Crippen molar-refractivity contribution in [3.05, 3.63) is 101 Å². The second-order valence-corrected chi connectivity index (χ2v) is 15.9. The monoisotopic (exact) mass is 843 g/mol. The second kappa shape index (κ2) is 19.7. The maximum atomic E-state index is 13.5. The van der Waals surface area contributed by atoms with Gasteiger partial charge in [0.1, 0.15) is 29.5 Å². The summed E-state index contributed by atoms with van der Waals surface area (Å²) in [6.45, 7) is 7.37. The topological polar surface area (TPSA) is 210 Å². The van der Waals surface area contributed by atoms with Crippen LogP contribution in [0, 0.1) is 5.41 Å². The van der Waals surface area contributed by atoms with Crippen LogP contribution in [0.4, 0.5) is 22.1 Å². The standard InChI is InChI=1S/C45H53N11O6/c1-30(8-15-39(59)50-29-58)52(2)44(60)38-24-34(12-9-32(38)27-57)53-20-22-54(23-21-53)35-25-56(26-35)45(61)55-18-16-33(17-19-55)51-43-40(42(47)48-28-49-43)41(46)31-10-13-37(14-11-31)62-36-6-4-3-5-7-36/h3-7,9-14,24,27-30,33,35,46H,8,15-23,25-26H2,1-2H3,(H,50,58,59)(H3,47,48,49,51). The molecule has 0 saturated carbocycles. The highest BCUT2D eigenvalue weighted by Gasteiger charge is 2.39. The molecule has 0 radical (unpaired) electrons. The number of piperidine rings is 1. The van der Waals surface area contributed by atoms with E-state index in [1.165, 1.54) is 11.2 Å². The number of nitrogens with zero attached hydrogens (tertiary/aromatic N) is 7. The zero-order chi connectivity index (χ0) is 43.8. The van der Waals surface area contributed by atoms with Crippen LogP contribution >= 0.6 is 0 Å². The molecule has 1 atom stereocenters. The number of para-hydroxylation sites is 1. The molecule has 62 heavy (non-hydrogen) atoms. The fourth-order valence-electron chi connectivity index (χ4n) is 8.10. The molecular formula is C45H53N11O6. The van der Waals surface area contributed by atoms with E-state index in [0.717, 1.165) is 37.6 Å². The number of amides is 5. The highest BCUT2D eigenvalue weighted by atomic mass is 16.5. The van der Waals surface area contributed by atoms with Crippen LogP contribution in [0.15, 0.2) is 79.1 Å². The van der Waals surface area contributed by atoms with Crippen LogP contribution in [0.2, 0.25) is 0 Å². The van der Waals surface area contributed by atoms with Crippen molar-refractivity contribution < 1.29 is 28.7 Å². The Balaban J connectivity index is 0.862. The lowest BCUT2D eigenvalue weighted by atomic mass is 10.0. The summed E-state index contributed by atoms with van der Waals surface area (Å²) in [4.78, 5) is 79.9. The van der Waals surface area contributed by atoms with E-state index in [1.807, 2.05) is 77.4 Å².